The van der Waals surface area contributed by atoms with Crippen molar-refractivity contribution in [1.82, 2.24) is 14.2 Å². The van der Waals surface area contributed by atoms with Gasteiger partial charge in [0.05, 0.1) is 28.8 Å². The van der Waals surface area contributed by atoms with Crippen LogP contribution in [-0.4, -0.2) is 74.9 Å². The molecule has 0 N–H and O–H groups in total. The van der Waals surface area contributed by atoms with E-state index < -0.39 is 10.0 Å². The highest BCUT2D eigenvalue weighted by molar-refractivity contribution is 7.89. The molecule has 198 valence electrons. The van der Waals surface area contributed by atoms with E-state index in [9.17, 15) is 13.2 Å². The number of hydrogen-bond acceptors (Lipinski definition) is 9. The number of aryl methyl sites for hydroxylation is 1. The summed E-state index contributed by atoms with van der Waals surface area (Å²) in [5.74, 6) is 0.576. The van der Waals surface area contributed by atoms with Gasteiger partial charge in [-0.1, -0.05) is 17.4 Å². The first kappa shape index (κ1) is 27.3. The van der Waals surface area contributed by atoms with Gasteiger partial charge >= 0.3 is 0 Å². The number of carbonyl (C=O) groups is 1. The van der Waals surface area contributed by atoms with Gasteiger partial charge in [0.25, 0.3) is 5.91 Å². The normalized spacial score (nSPS) is 13.9. The zero-order valence-electron chi connectivity index (χ0n) is 21.3. The largest absolute Gasteiger partial charge is 0.494 e. The lowest BCUT2D eigenvalue weighted by Crippen LogP contribution is -2.48. The molecule has 0 bridgehead atoms. The number of anilines is 1. The Kier molecular flexibility index (Phi) is 8.47. The van der Waals surface area contributed by atoms with Gasteiger partial charge in [-0.15, -0.1) is 0 Å². The van der Waals surface area contributed by atoms with Crippen molar-refractivity contribution in [3.05, 3.63) is 47.5 Å². The number of aromatic nitrogens is 1. The fourth-order valence-corrected chi connectivity index (χ4v) is 6.85. The van der Waals surface area contributed by atoms with Crippen LogP contribution in [0.5, 0.6) is 5.75 Å². The lowest BCUT2D eigenvalue weighted by molar-refractivity contribution is 0.0746. The third-order valence-corrected chi connectivity index (χ3v) is 9.60. The maximum atomic E-state index is 13.1. The number of methoxy groups -OCH3 is 1. The number of fused-ring (bicyclic) bond motifs is 1. The molecule has 1 aromatic heterocycles. The van der Waals surface area contributed by atoms with Gasteiger partial charge in [0, 0.05) is 57.7 Å². The van der Waals surface area contributed by atoms with Crippen LogP contribution in [0, 0.1) is 29.6 Å². The number of nitrogens with zero attached hydrogens (tertiary/aromatic N) is 6. The molecule has 0 aliphatic carbocycles. The predicted molar refractivity (Wildman–Crippen MR) is 145 cm³/mol. The number of ether oxygens (including phenoxy) is 1. The molecule has 1 saturated heterocycles. The molecule has 0 unspecified atom stereocenters. The van der Waals surface area contributed by atoms with E-state index in [2.05, 4.69) is 4.90 Å². The van der Waals surface area contributed by atoms with Gasteiger partial charge in [0.2, 0.25) is 10.0 Å². The minimum absolute atomic E-state index is 0.00643. The lowest BCUT2D eigenvalue weighted by atomic mass is 10.2. The third kappa shape index (κ3) is 5.58. The minimum atomic E-state index is -3.89. The summed E-state index contributed by atoms with van der Waals surface area (Å²) in [5.41, 5.74) is 2.39. The molecule has 0 spiro atoms. The van der Waals surface area contributed by atoms with E-state index in [0.717, 1.165) is 31.0 Å². The maximum Gasteiger partial charge on any atom is 0.253 e. The van der Waals surface area contributed by atoms with E-state index in [1.54, 1.807) is 23.3 Å². The second kappa shape index (κ2) is 11.8. The van der Waals surface area contributed by atoms with Crippen molar-refractivity contribution in [3.63, 3.8) is 0 Å². The van der Waals surface area contributed by atoms with Crippen molar-refractivity contribution in [1.29, 1.82) is 10.5 Å². The van der Waals surface area contributed by atoms with E-state index in [4.69, 9.17) is 20.2 Å². The molecule has 2 heterocycles. The monoisotopic (exact) mass is 552 g/mol. The minimum Gasteiger partial charge on any atom is -0.494 e. The molecule has 10 nitrogen and oxygen atoms in total. The van der Waals surface area contributed by atoms with Crippen LogP contribution in [0.15, 0.2) is 41.3 Å². The van der Waals surface area contributed by atoms with E-state index in [1.165, 1.54) is 24.3 Å². The van der Waals surface area contributed by atoms with Crippen molar-refractivity contribution in [2.24, 2.45) is 0 Å². The van der Waals surface area contributed by atoms with Crippen molar-refractivity contribution < 1.29 is 17.9 Å². The van der Waals surface area contributed by atoms with E-state index in [1.807, 2.05) is 31.2 Å². The standard InChI is InChI=1S/C26H28N6O4S2/c1-19-5-10-22(36-2)23-24(19)37-26(29-23)31-17-15-30(16-18-31)25(33)20-6-8-21(9-7-20)38(34,35)32(13-3-11-27)14-4-12-28/h5-10H,3-4,13-18H2,1-2H3. The van der Waals surface area contributed by atoms with Gasteiger partial charge in [-0.3, -0.25) is 4.79 Å². The number of hydrogen-bond donors (Lipinski definition) is 0. The Morgan fingerprint density at radius 2 is 1.68 bits per heavy atom. The Bertz CT molecular complexity index is 1480. The van der Waals surface area contributed by atoms with Gasteiger partial charge < -0.3 is 14.5 Å². The first-order valence-electron chi connectivity index (χ1n) is 12.1. The number of benzene rings is 2. The molecule has 38 heavy (non-hydrogen) atoms. The molecule has 2 aromatic carbocycles. The second-order valence-electron chi connectivity index (χ2n) is 8.78. The van der Waals surface area contributed by atoms with Gasteiger partial charge in [-0.05, 0) is 42.8 Å². The molecular formula is C26H28N6O4S2. The van der Waals surface area contributed by atoms with Gasteiger partial charge in [-0.2, -0.15) is 14.8 Å². The van der Waals surface area contributed by atoms with E-state index in [0.29, 0.717) is 31.7 Å². The average Bonchev–Trinajstić information content (AvgIpc) is 3.39. The van der Waals surface area contributed by atoms with Crippen LogP contribution in [0.4, 0.5) is 5.13 Å². The number of amides is 1. The maximum absolute atomic E-state index is 13.1. The van der Waals surface area contributed by atoms with Crippen LogP contribution in [0.2, 0.25) is 0 Å². The summed E-state index contributed by atoms with van der Waals surface area (Å²) < 4.78 is 33.7. The molecule has 1 aliphatic rings. The molecule has 1 amide bonds. The van der Waals surface area contributed by atoms with E-state index in [-0.39, 0.29) is 36.7 Å². The van der Waals surface area contributed by atoms with E-state index >= 15 is 0 Å². The fraction of sp³-hybridized carbons (Fsp3) is 0.385. The Morgan fingerprint density at radius 1 is 1.05 bits per heavy atom. The molecule has 0 radical (unpaired) electrons. The lowest BCUT2D eigenvalue weighted by Gasteiger charge is -2.34. The van der Waals surface area contributed by atoms with Crippen LogP contribution in [-0.2, 0) is 10.0 Å². The highest BCUT2D eigenvalue weighted by Gasteiger charge is 2.27. The zero-order chi connectivity index (χ0) is 27.3. The Morgan fingerprint density at radius 3 is 2.26 bits per heavy atom. The summed E-state index contributed by atoms with van der Waals surface area (Å²) in [7, 11) is -2.25. The summed E-state index contributed by atoms with van der Waals surface area (Å²) in [6.45, 7) is 4.35. The summed E-state index contributed by atoms with van der Waals surface area (Å²) in [6, 6.07) is 13.6. The Labute approximate surface area is 226 Å². The first-order valence-corrected chi connectivity index (χ1v) is 14.4. The summed E-state index contributed by atoms with van der Waals surface area (Å²) in [6.07, 6.45) is 0.0503. The molecule has 3 aromatic rings. The van der Waals surface area contributed by atoms with Crippen LogP contribution in [0.1, 0.15) is 28.8 Å². The third-order valence-electron chi connectivity index (χ3n) is 6.43. The van der Waals surface area contributed by atoms with Crippen LogP contribution >= 0.6 is 11.3 Å². The molecular weight excluding hydrogens is 524 g/mol. The zero-order valence-corrected chi connectivity index (χ0v) is 22.9. The van der Waals surface area contributed by atoms with Gasteiger partial charge in [0.15, 0.2) is 5.13 Å². The highest BCUT2D eigenvalue weighted by atomic mass is 32.2. The van der Waals surface area contributed by atoms with Gasteiger partial charge in [-0.25, -0.2) is 13.4 Å². The van der Waals surface area contributed by atoms with Gasteiger partial charge in [0.1, 0.15) is 11.3 Å². The number of nitriles is 2. The topological polar surface area (TPSA) is 131 Å². The molecule has 12 heteroatoms. The summed E-state index contributed by atoms with van der Waals surface area (Å²) in [5, 5.41) is 18.6. The number of thiazole rings is 1. The molecule has 1 fully saturated rings. The van der Waals surface area contributed by atoms with Crippen LogP contribution < -0.4 is 9.64 Å². The van der Waals surface area contributed by atoms with Crippen LogP contribution in [0.25, 0.3) is 10.2 Å². The number of rotatable bonds is 9. The first-order chi connectivity index (χ1) is 18.3. The number of carbonyl (C=O) groups excluding carboxylic acids is 1. The highest BCUT2D eigenvalue weighted by Crippen LogP contribution is 2.36. The number of sulfonamides is 1. The van der Waals surface area contributed by atoms with Crippen molar-refractivity contribution in [3.8, 4) is 17.9 Å². The Hall–Kier alpha value is -3.71. The SMILES string of the molecule is COc1ccc(C)c2sc(N3CCN(C(=O)c4ccc(S(=O)(=O)N(CCC#N)CCC#N)cc4)CC3)nc12. The fourth-order valence-electron chi connectivity index (χ4n) is 4.30. The summed E-state index contributed by atoms with van der Waals surface area (Å²) in [4.78, 5) is 21.9. The smallest absolute Gasteiger partial charge is 0.253 e. The average molecular weight is 553 g/mol. The molecule has 0 saturated carbocycles. The quantitative estimate of drug-likeness (QED) is 0.395. The summed E-state index contributed by atoms with van der Waals surface area (Å²) >= 11 is 1.62. The number of piperazine rings is 1. The van der Waals surface area contributed by atoms with Crippen molar-refractivity contribution >= 4 is 42.6 Å². The van der Waals surface area contributed by atoms with Crippen molar-refractivity contribution in [2.45, 2.75) is 24.7 Å². The molecule has 0 atom stereocenters. The van der Waals surface area contributed by atoms with Crippen molar-refractivity contribution in [2.75, 3.05) is 51.3 Å². The Balaban J connectivity index is 1.42. The van der Waals surface area contributed by atoms with Crippen LogP contribution in [0.3, 0.4) is 0 Å². The second-order valence-corrected chi connectivity index (χ2v) is 11.7. The predicted octanol–water partition coefficient (Wildman–Crippen LogP) is 3.39. The molecule has 1 aliphatic heterocycles. The molecule has 4 rings (SSSR count).